The lowest BCUT2D eigenvalue weighted by Crippen LogP contribution is -2.70. The standard InChI is InChI=1S/C18H9F13O4S/c19-13(20,11-8-4-5-9-12(11)34-10-6-2-1-3-7-10)14(21,22)16(25,15(23,24)17(26,27)28)35-36(32,33)18(29,30)31/h1-9H. The van der Waals surface area contributed by atoms with Crippen LogP contribution >= 0.6 is 0 Å². The smallest absolute Gasteiger partial charge is 0.457 e. The normalized spacial score (nSPS) is 15.9. The minimum Gasteiger partial charge on any atom is -0.457 e. The van der Waals surface area contributed by atoms with Crippen LogP contribution in [0, 0.1) is 0 Å². The molecule has 0 N–H and O–H groups in total. The predicted molar refractivity (Wildman–Crippen MR) is 92.7 cm³/mol. The molecule has 0 radical (unpaired) electrons. The van der Waals surface area contributed by atoms with Gasteiger partial charge in [0.1, 0.15) is 11.5 Å². The Bertz CT molecular complexity index is 1180. The molecule has 2 aromatic carbocycles. The van der Waals surface area contributed by atoms with E-state index in [1.54, 1.807) is 0 Å². The first kappa shape index (κ1) is 29.5. The van der Waals surface area contributed by atoms with Crippen molar-refractivity contribution in [3.8, 4) is 11.5 Å². The molecule has 4 nitrogen and oxygen atoms in total. The minimum atomic E-state index is -8.08. The summed E-state index contributed by atoms with van der Waals surface area (Å²) >= 11 is 0. The Morgan fingerprint density at radius 3 is 1.56 bits per heavy atom. The molecule has 18 heteroatoms. The third-order valence-electron chi connectivity index (χ3n) is 4.26. The van der Waals surface area contributed by atoms with Gasteiger partial charge in [-0.2, -0.15) is 65.5 Å². The molecule has 0 aliphatic rings. The molecule has 0 fully saturated rings. The van der Waals surface area contributed by atoms with Gasteiger partial charge in [-0.25, -0.2) is 4.18 Å². The molecule has 1 atom stereocenters. The third-order valence-corrected chi connectivity index (χ3v) is 5.28. The number of halogens is 13. The van der Waals surface area contributed by atoms with E-state index < -0.39 is 62.5 Å². The maximum absolute atomic E-state index is 14.9. The van der Waals surface area contributed by atoms with E-state index in [0.717, 1.165) is 18.2 Å². The summed E-state index contributed by atoms with van der Waals surface area (Å²) < 4.78 is 206. The Balaban J connectivity index is 2.79. The Morgan fingerprint density at radius 2 is 1.08 bits per heavy atom. The summed E-state index contributed by atoms with van der Waals surface area (Å²) in [7, 11) is -8.08. The second-order valence-electron chi connectivity index (χ2n) is 6.71. The van der Waals surface area contributed by atoms with Crippen LogP contribution in [-0.4, -0.2) is 37.8 Å². The number of rotatable bonds is 8. The van der Waals surface area contributed by atoms with Gasteiger partial charge in [0.25, 0.3) is 0 Å². The number of alkyl halides is 13. The largest absolute Gasteiger partial charge is 0.523 e. The van der Waals surface area contributed by atoms with Crippen molar-refractivity contribution in [3.05, 3.63) is 60.2 Å². The van der Waals surface area contributed by atoms with E-state index in [2.05, 4.69) is 0 Å². The lowest BCUT2D eigenvalue weighted by Gasteiger charge is -2.41. The zero-order valence-electron chi connectivity index (χ0n) is 16.7. The molecule has 0 heterocycles. The average molecular weight is 568 g/mol. The molecule has 0 saturated carbocycles. The Morgan fingerprint density at radius 1 is 0.611 bits per heavy atom. The first-order valence-electron chi connectivity index (χ1n) is 8.76. The molecule has 2 aromatic rings. The highest BCUT2D eigenvalue weighted by Gasteiger charge is 2.89. The Hall–Kier alpha value is -2.76. The topological polar surface area (TPSA) is 52.6 Å². The van der Waals surface area contributed by atoms with Crippen molar-refractivity contribution < 1.29 is 74.4 Å². The molecule has 2 rings (SSSR count). The number of hydrogen-bond donors (Lipinski definition) is 0. The van der Waals surface area contributed by atoms with Crippen molar-refractivity contribution in [2.24, 2.45) is 0 Å². The first-order chi connectivity index (χ1) is 16.0. The molecule has 0 spiro atoms. The van der Waals surface area contributed by atoms with E-state index in [0.29, 0.717) is 12.1 Å². The van der Waals surface area contributed by atoms with Crippen molar-refractivity contribution in [1.82, 2.24) is 0 Å². The van der Waals surface area contributed by atoms with Gasteiger partial charge in [0.05, 0.1) is 5.56 Å². The number of ether oxygens (including phenoxy) is 1. The van der Waals surface area contributed by atoms with Crippen LogP contribution in [0.25, 0.3) is 0 Å². The monoisotopic (exact) mass is 568 g/mol. The number of benzene rings is 2. The molecule has 1 unspecified atom stereocenters. The lowest BCUT2D eigenvalue weighted by atomic mass is 9.91. The molecule has 0 saturated heterocycles. The van der Waals surface area contributed by atoms with Crippen LogP contribution in [0.5, 0.6) is 11.5 Å². The van der Waals surface area contributed by atoms with Gasteiger partial charge in [0.15, 0.2) is 0 Å². The molecule has 0 aromatic heterocycles. The maximum atomic E-state index is 14.9. The molecule has 0 aliphatic carbocycles. The highest BCUT2D eigenvalue weighted by Crippen LogP contribution is 2.61. The molecule has 0 aliphatic heterocycles. The molecular weight excluding hydrogens is 559 g/mol. The van der Waals surface area contributed by atoms with Crippen molar-refractivity contribution in [2.45, 2.75) is 35.3 Å². The van der Waals surface area contributed by atoms with E-state index in [1.807, 2.05) is 4.18 Å². The van der Waals surface area contributed by atoms with Gasteiger partial charge in [-0.1, -0.05) is 30.3 Å². The predicted octanol–water partition coefficient (Wildman–Crippen LogP) is 6.94. The summed E-state index contributed by atoms with van der Waals surface area (Å²) in [6.07, 6.45) is -7.65. The summed E-state index contributed by atoms with van der Waals surface area (Å²) in [6, 6.07) is 7.52. The Labute approximate surface area is 192 Å². The van der Waals surface area contributed by atoms with E-state index in [4.69, 9.17) is 4.74 Å². The zero-order valence-corrected chi connectivity index (χ0v) is 17.5. The summed E-state index contributed by atoms with van der Waals surface area (Å²) in [5.41, 5.74) is -9.39. The number of para-hydroxylation sites is 2. The van der Waals surface area contributed by atoms with Gasteiger partial charge in [-0.05, 0) is 24.3 Å². The van der Waals surface area contributed by atoms with Crippen LogP contribution < -0.4 is 4.74 Å². The van der Waals surface area contributed by atoms with Crippen LogP contribution in [0.4, 0.5) is 57.1 Å². The van der Waals surface area contributed by atoms with E-state index in [9.17, 15) is 65.5 Å². The molecule has 0 amide bonds. The van der Waals surface area contributed by atoms with Crippen molar-refractivity contribution in [1.29, 1.82) is 0 Å². The van der Waals surface area contributed by atoms with Crippen molar-refractivity contribution in [2.75, 3.05) is 0 Å². The summed E-state index contributed by atoms with van der Waals surface area (Å²) in [5.74, 6) is -31.8. The van der Waals surface area contributed by atoms with Gasteiger partial charge >= 0.3 is 45.4 Å². The third kappa shape index (κ3) is 4.79. The minimum absolute atomic E-state index is 0.0728. The maximum Gasteiger partial charge on any atom is 0.523 e. The molecule has 36 heavy (non-hydrogen) atoms. The van der Waals surface area contributed by atoms with E-state index in [-0.39, 0.29) is 6.07 Å². The van der Waals surface area contributed by atoms with Crippen LogP contribution in [0.2, 0.25) is 0 Å². The zero-order chi connectivity index (χ0) is 28.0. The van der Waals surface area contributed by atoms with Crippen molar-refractivity contribution in [3.63, 3.8) is 0 Å². The fourth-order valence-electron chi connectivity index (χ4n) is 2.48. The van der Waals surface area contributed by atoms with Gasteiger partial charge in [0.2, 0.25) is 0 Å². The van der Waals surface area contributed by atoms with Crippen LogP contribution in [0.15, 0.2) is 54.6 Å². The summed E-state index contributed by atoms with van der Waals surface area (Å²) in [4.78, 5) is 0. The van der Waals surface area contributed by atoms with Crippen LogP contribution in [0.1, 0.15) is 5.56 Å². The van der Waals surface area contributed by atoms with Gasteiger partial charge in [-0.15, -0.1) is 0 Å². The van der Waals surface area contributed by atoms with Gasteiger partial charge < -0.3 is 4.74 Å². The van der Waals surface area contributed by atoms with Crippen LogP contribution in [0.3, 0.4) is 0 Å². The average Bonchev–Trinajstić information content (AvgIpc) is 2.72. The second kappa shape index (κ2) is 8.97. The summed E-state index contributed by atoms with van der Waals surface area (Å²) in [6.45, 7) is 0. The highest BCUT2D eigenvalue weighted by molar-refractivity contribution is 7.87. The lowest BCUT2D eigenvalue weighted by molar-refractivity contribution is -0.437. The highest BCUT2D eigenvalue weighted by atomic mass is 32.2. The van der Waals surface area contributed by atoms with E-state index in [1.165, 1.54) is 18.2 Å². The fourth-order valence-corrected chi connectivity index (χ4v) is 3.09. The molecule has 202 valence electrons. The van der Waals surface area contributed by atoms with Crippen LogP contribution in [-0.2, 0) is 20.2 Å². The summed E-state index contributed by atoms with van der Waals surface area (Å²) in [5, 5.41) is 0. The van der Waals surface area contributed by atoms with Gasteiger partial charge in [-0.3, -0.25) is 0 Å². The first-order valence-corrected chi connectivity index (χ1v) is 10.2. The number of hydrogen-bond acceptors (Lipinski definition) is 4. The SMILES string of the molecule is O=S(=O)(OC(F)(C(F)(F)C(F)(F)F)C(F)(F)C(F)(F)c1ccccc1Oc1ccccc1)C(F)(F)F. The van der Waals surface area contributed by atoms with E-state index >= 15 is 0 Å². The quantitative estimate of drug-likeness (QED) is 0.197. The second-order valence-corrected chi connectivity index (χ2v) is 8.25. The molecular formula is C18H9F13O4S. The van der Waals surface area contributed by atoms with Gasteiger partial charge in [0, 0.05) is 0 Å². The fraction of sp³-hybridized carbons (Fsp3) is 0.333. The molecule has 0 bridgehead atoms. The van der Waals surface area contributed by atoms with Crippen molar-refractivity contribution >= 4 is 10.1 Å². The Kier molecular flexibility index (Phi) is 7.34.